The number of aliphatic hydroxyl groups is 1. The van der Waals surface area contributed by atoms with Crippen molar-refractivity contribution < 1.29 is 5.11 Å². The second-order valence-electron chi connectivity index (χ2n) is 6.34. The van der Waals surface area contributed by atoms with Crippen molar-refractivity contribution in [3.8, 4) is 0 Å². The standard InChI is InChI=1S/C18H29NO/c20-16-18(12-6-2-7-13-18)15-19-14-8-5-11-17-9-3-1-4-10-17/h1,3-4,9-10,19-20H,2,5-8,11-16H2. The summed E-state index contributed by atoms with van der Waals surface area (Å²) >= 11 is 0. The number of unbranched alkanes of at least 4 members (excludes halogenated alkanes) is 1. The Morgan fingerprint density at radius 2 is 1.75 bits per heavy atom. The van der Waals surface area contributed by atoms with E-state index in [-0.39, 0.29) is 5.41 Å². The van der Waals surface area contributed by atoms with E-state index in [4.69, 9.17) is 0 Å². The van der Waals surface area contributed by atoms with Crippen LogP contribution in [0.3, 0.4) is 0 Å². The molecule has 112 valence electrons. The van der Waals surface area contributed by atoms with Crippen molar-refractivity contribution in [2.75, 3.05) is 19.7 Å². The first-order valence-electron chi connectivity index (χ1n) is 8.20. The number of nitrogens with one attached hydrogen (secondary N) is 1. The molecule has 0 radical (unpaired) electrons. The van der Waals surface area contributed by atoms with Crippen LogP contribution in [0, 0.1) is 5.41 Å². The van der Waals surface area contributed by atoms with E-state index in [1.807, 2.05) is 0 Å². The largest absolute Gasteiger partial charge is 0.396 e. The highest BCUT2D eigenvalue weighted by molar-refractivity contribution is 5.14. The average Bonchev–Trinajstić information content (AvgIpc) is 2.53. The number of hydrogen-bond acceptors (Lipinski definition) is 2. The predicted molar refractivity (Wildman–Crippen MR) is 84.9 cm³/mol. The topological polar surface area (TPSA) is 32.3 Å². The van der Waals surface area contributed by atoms with Crippen LogP contribution in [0.1, 0.15) is 50.5 Å². The van der Waals surface area contributed by atoms with Crippen molar-refractivity contribution in [1.29, 1.82) is 0 Å². The summed E-state index contributed by atoms with van der Waals surface area (Å²) in [5.74, 6) is 0. The zero-order valence-corrected chi connectivity index (χ0v) is 12.6. The Kier molecular flexibility index (Phi) is 6.55. The lowest BCUT2D eigenvalue weighted by atomic mass is 9.74. The molecule has 2 rings (SSSR count). The van der Waals surface area contributed by atoms with Gasteiger partial charge in [0.05, 0.1) is 0 Å². The van der Waals surface area contributed by atoms with Crippen LogP contribution in [-0.4, -0.2) is 24.8 Å². The summed E-state index contributed by atoms with van der Waals surface area (Å²) in [6, 6.07) is 10.7. The Bertz CT molecular complexity index is 357. The molecule has 1 aliphatic carbocycles. The molecule has 20 heavy (non-hydrogen) atoms. The number of aryl methyl sites for hydroxylation is 1. The van der Waals surface area contributed by atoms with Crippen molar-refractivity contribution in [3.63, 3.8) is 0 Å². The van der Waals surface area contributed by atoms with Gasteiger partial charge in [-0.25, -0.2) is 0 Å². The van der Waals surface area contributed by atoms with Gasteiger partial charge in [0.2, 0.25) is 0 Å². The van der Waals surface area contributed by atoms with Crippen molar-refractivity contribution in [2.45, 2.75) is 51.4 Å². The fraction of sp³-hybridized carbons (Fsp3) is 0.667. The Hall–Kier alpha value is -0.860. The first kappa shape index (κ1) is 15.5. The normalized spacial score (nSPS) is 18.1. The predicted octanol–water partition coefficient (Wildman–Crippen LogP) is 3.54. The molecule has 1 fully saturated rings. The van der Waals surface area contributed by atoms with Crippen LogP contribution < -0.4 is 5.32 Å². The quantitative estimate of drug-likeness (QED) is 0.711. The molecule has 0 aliphatic heterocycles. The van der Waals surface area contributed by atoms with Crippen molar-refractivity contribution in [3.05, 3.63) is 35.9 Å². The minimum Gasteiger partial charge on any atom is -0.396 e. The zero-order valence-electron chi connectivity index (χ0n) is 12.6. The van der Waals surface area contributed by atoms with Crippen LogP contribution in [0.25, 0.3) is 0 Å². The Morgan fingerprint density at radius 3 is 2.45 bits per heavy atom. The highest BCUT2D eigenvalue weighted by atomic mass is 16.3. The van der Waals surface area contributed by atoms with E-state index < -0.39 is 0 Å². The van der Waals surface area contributed by atoms with Gasteiger partial charge >= 0.3 is 0 Å². The maximum absolute atomic E-state index is 9.65. The molecule has 0 aromatic heterocycles. The van der Waals surface area contributed by atoms with Crippen LogP contribution in [0.15, 0.2) is 30.3 Å². The van der Waals surface area contributed by atoms with Gasteiger partial charge in [-0.1, -0.05) is 49.6 Å². The highest BCUT2D eigenvalue weighted by Crippen LogP contribution is 2.35. The average molecular weight is 275 g/mol. The first-order chi connectivity index (χ1) is 9.85. The third-order valence-electron chi connectivity index (χ3n) is 4.66. The SMILES string of the molecule is OCC1(CNCCCCc2ccccc2)CCCCC1. The van der Waals surface area contributed by atoms with Gasteiger partial charge in [-0.2, -0.15) is 0 Å². The molecule has 0 atom stereocenters. The van der Waals surface area contributed by atoms with E-state index in [0.29, 0.717) is 6.61 Å². The van der Waals surface area contributed by atoms with E-state index in [1.54, 1.807) is 0 Å². The summed E-state index contributed by atoms with van der Waals surface area (Å²) in [5, 5.41) is 13.2. The smallest absolute Gasteiger partial charge is 0.0499 e. The monoisotopic (exact) mass is 275 g/mol. The molecule has 2 N–H and O–H groups in total. The Labute approximate surface area is 123 Å². The molecule has 0 unspecified atom stereocenters. The Balaban J connectivity index is 1.57. The van der Waals surface area contributed by atoms with Crippen molar-refractivity contribution in [2.24, 2.45) is 5.41 Å². The lowest BCUT2D eigenvalue weighted by Gasteiger charge is -2.35. The van der Waals surface area contributed by atoms with Gasteiger partial charge < -0.3 is 10.4 Å². The number of aliphatic hydroxyl groups excluding tert-OH is 1. The van der Waals surface area contributed by atoms with Crippen LogP contribution in [0.2, 0.25) is 0 Å². The van der Waals surface area contributed by atoms with E-state index in [1.165, 1.54) is 56.9 Å². The maximum atomic E-state index is 9.65. The van der Waals surface area contributed by atoms with E-state index >= 15 is 0 Å². The molecule has 1 saturated carbocycles. The van der Waals surface area contributed by atoms with Crippen LogP contribution >= 0.6 is 0 Å². The van der Waals surface area contributed by atoms with Gasteiger partial charge in [0, 0.05) is 18.6 Å². The molecule has 0 amide bonds. The molecule has 0 heterocycles. The van der Waals surface area contributed by atoms with Gasteiger partial charge in [0.25, 0.3) is 0 Å². The third-order valence-corrected chi connectivity index (χ3v) is 4.66. The van der Waals surface area contributed by atoms with Gasteiger partial charge in [-0.15, -0.1) is 0 Å². The fourth-order valence-electron chi connectivity index (χ4n) is 3.27. The molecule has 0 saturated heterocycles. The summed E-state index contributed by atoms with van der Waals surface area (Å²) in [6.07, 6.45) is 9.94. The van der Waals surface area contributed by atoms with Gasteiger partial charge in [-0.05, 0) is 44.2 Å². The lowest BCUT2D eigenvalue weighted by molar-refractivity contribution is 0.0814. The molecule has 1 aromatic rings. The molecular weight excluding hydrogens is 246 g/mol. The molecule has 2 heteroatoms. The highest BCUT2D eigenvalue weighted by Gasteiger charge is 2.30. The molecule has 2 nitrogen and oxygen atoms in total. The van der Waals surface area contributed by atoms with Crippen LogP contribution in [0.4, 0.5) is 0 Å². The number of hydrogen-bond donors (Lipinski definition) is 2. The van der Waals surface area contributed by atoms with Crippen LogP contribution in [-0.2, 0) is 6.42 Å². The van der Waals surface area contributed by atoms with E-state index in [9.17, 15) is 5.11 Å². The summed E-state index contributed by atoms with van der Waals surface area (Å²) in [5.41, 5.74) is 1.61. The number of benzene rings is 1. The second kappa shape index (κ2) is 8.43. The van der Waals surface area contributed by atoms with E-state index in [2.05, 4.69) is 35.6 Å². The molecular formula is C18H29NO. The molecule has 0 spiro atoms. The van der Waals surface area contributed by atoms with Crippen molar-refractivity contribution in [1.82, 2.24) is 5.32 Å². The first-order valence-corrected chi connectivity index (χ1v) is 8.20. The number of rotatable bonds is 8. The minimum atomic E-state index is 0.178. The van der Waals surface area contributed by atoms with E-state index in [0.717, 1.165) is 13.1 Å². The maximum Gasteiger partial charge on any atom is 0.0499 e. The minimum absolute atomic E-state index is 0.178. The molecule has 1 aromatic carbocycles. The van der Waals surface area contributed by atoms with Crippen molar-refractivity contribution >= 4 is 0 Å². The summed E-state index contributed by atoms with van der Waals surface area (Å²) in [7, 11) is 0. The van der Waals surface area contributed by atoms with Gasteiger partial charge in [0.1, 0.15) is 0 Å². The lowest BCUT2D eigenvalue weighted by Crippen LogP contribution is -2.39. The Morgan fingerprint density at radius 1 is 1.00 bits per heavy atom. The van der Waals surface area contributed by atoms with Crippen LogP contribution in [0.5, 0.6) is 0 Å². The van der Waals surface area contributed by atoms with Gasteiger partial charge in [0.15, 0.2) is 0 Å². The summed E-state index contributed by atoms with van der Waals surface area (Å²) in [4.78, 5) is 0. The zero-order chi connectivity index (χ0) is 14.1. The fourth-order valence-corrected chi connectivity index (χ4v) is 3.27. The molecule has 1 aliphatic rings. The third kappa shape index (κ3) is 4.92. The second-order valence-corrected chi connectivity index (χ2v) is 6.34. The van der Waals surface area contributed by atoms with Gasteiger partial charge in [-0.3, -0.25) is 0 Å². The molecule has 0 bridgehead atoms. The summed E-state index contributed by atoms with van der Waals surface area (Å²) < 4.78 is 0. The summed E-state index contributed by atoms with van der Waals surface area (Å²) in [6.45, 7) is 2.42.